The number of methoxy groups -OCH3 is 1. The molecule has 2 N–H and O–H groups in total. The molecule has 6 heteroatoms. The monoisotopic (exact) mass is 233 g/mol. The smallest absolute Gasteiger partial charge is 0.334 e. The van der Waals surface area contributed by atoms with Crippen LogP contribution in [0.25, 0.3) is 0 Å². The van der Waals surface area contributed by atoms with E-state index in [2.05, 4.69) is 4.74 Å². The van der Waals surface area contributed by atoms with Gasteiger partial charge in [0, 0.05) is 0 Å². The number of thioether (sulfide) groups is 1. The van der Waals surface area contributed by atoms with Gasteiger partial charge in [0.2, 0.25) is 5.91 Å². The van der Waals surface area contributed by atoms with Gasteiger partial charge in [-0.15, -0.1) is 0 Å². The highest BCUT2D eigenvalue weighted by molar-refractivity contribution is 7.99. The zero-order valence-electron chi connectivity index (χ0n) is 9.06. The topological polar surface area (TPSA) is 63.2 Å². The quantitative estimate of drug-likeness (QED) is 0.590. The van der Waals surface area contributed by atoms with E-state index >= 15 is 0 Å². The van der Waals surface area contributed by atoms with Gasteiger partial charge in [-0.05, 0) is 6.26 Å². The van der Waals surface area contributed by atoms with Crippen molar-refractivity contribution in [3.8, 4) is 0 Å². The standard InChI is InChI=1S/C9H16N2O3S/c1-14-9(13)7-5-10-3-4-11(7)8(12)6-15-2/h7,10H,3-6H2,1-2H3/p+1/t7-/m0/s1. The van der Waals surface area contributed by atoms with Crippen molar-refractivity contribution in [3.05, 3.63) is 0 Å². The summed E-state index contributed by atoms with van der Waals surface area (Å²) < 4.78 is 4.69. The summed E-state index contributed by atoms with van der Waals surface area (Å²) >= 11 is 1.47. The molecule has 5 nitrogen and oxygen atoms in total. The van der Waals surface area contributed by atoms with E-state index in [9.17, 15) is 9.59 Å². The van der Waals surface area contributed by atoms with Crippen LogP contribution < -0.4 is 5.32 Å². The Morgan fingerprint density at radius 3 is 2.93 bits per heavy atom. The van der Waals surface area contributed by atoms with Crippen molar-refractivity contribution in [1.29, 1.82) is 0 Å². The van der Waals surface area contributed by atoms with E-state index in [1.54, 1.807) is 4.90 Å². The zero-order chi connectivity index (χ0) is 11.3. The number of carbonyl (C=O) groups is 2. The van der Waals surface area contributed by atoms with Crippen molar-refractivity contribution in [2.45, 2.75) is 6.04 Å². The lowest BCUT2D eigenvalue weighted by Crippen LogP contribution is -2.92. The normalized spacial score (nSPS) is 21.2. The largest absolute Gasteiger partial charge is 0.467 e. The summed E-state index contributed by atoms with van der Waals surface area (Å²) in [7, 11) is 1.36. The number of ether oxygens (including phenoxy) is 1. The Balaban J connectivity index is 2.65. The third-order valence-corrected chi connectivity index (χ3v) is 2.94. The number of nitrogens with zero attached hydrogens (tertiary/aromatic N) is 1. The summed E-state index contributed by atoms with van der Waals surface area (Å²) in [6, 6.07) is -0.414. The molecule has 1 aliphatic rings. The Hall–Kier alpha value is -0.750. The first-order valence-electron chi connectivity index (χ1n) is 4.88. The van der Waals surface area contributed by atoms with Crippen molar-refractivity contribution >= 4 is 23.6 Å². The van der Waals surface area contributed by atoms with Crippen LogP contribution in [-0.2, 0) is 14.3 Å². The molecule has 0 spiro atoms. The average molecular weight is 233 g/mol. The first-order chi connectivity index (χ1) is 7.20. The third kappa shape index (κ3) is 3.10. The number of nitrogens with two attached hydrogens (primary N) is 1. The van der Waals surface area contributed by atoms with Crippen LogP contribution in [0, 0.1) is 0 Å². The summed E-state index contributed by atoms with van der Waals surface area (Å²) in [5.41, 5.74) is 0. The molecule has 0 bridgehead atoms. The number of esters is 1. The predicted molar refractivity (Wildman–Crippen MR) is 57.6 cm³/mol. The van der Waals surface area contributed by atoms with Crippen LogP contribution in [0.3, 0.4) is 0 Å². The van der Waals surface area contributed by atoms with Gasteiger partial charge in [-0.1, -0.05) is 0 Å². The maximum absolute atomic E-state index is 11.7. The van der Waals surface area contributed by atoms with Gasteiger partial charge in [0.1, 0.15) is 6.54 Å². The molecule has 15 heavy (non-hydrogen) atoms. The van der Waals surface area contributed by atoms with Gasteiger partial charge in [0.15, 0.2) is 6.04 Å². The summed E-state index contributed by atoms with van der Waals surface area (Å²) in [5.74, 6) is 0.124. The average Bonchev–Trinajstić information content (AvgIpc) is 2.28. The third-order valence-electron chi connectivity index (χ3n) is 2.40. The highest BCUT2D eigenvalue weighted by atomic mass is 32.2. The molecule has 0 aliphatic carbocycles. The van der Waals surface area contributed by atoms with E-state index in [1.165, 1.54) is 18.9 Å². The Kier molecular flexibility index (Phi) is 4.90. The van der Waals surface area contributed by atoms with Crippen molar-refractivity contribution in [2.75, 3.05) is 38.8 Å². The second kappa shape index (κ2) is 5.97. The molecule has 0 radical (unpaired) electrons. The predicted octanol–water partition coefficient (Wildman–Crippen LogP) is -1.70. The van der Waals surface area contributed by atoms with Crippen LogP contribution in [0.1, 0.15) is 0 Å². The molecule has 0 aromatic rings. The zero-order valence-corrected chi connectivity index (χ0v) is 9.88. The van der Waals surface area contributed by atoms with Gasteiger partial charge in [0.25, 0.3) is 0 Å². The molecule has 0 saturated carbocycles. The minimum absolute atomic E-state index is 0.0194. The lowest BCUT2D eigenvalue weighted by atomic mass is 10.2. The molecular formula is C9H17N2O3S+. The Morgan fingerprint density at radius 2 is 2.33 bits per heavy atom. The fourth-order valence-electron chi connectivity index (χ4n) is 1.65. The van der Waals surface area contributed by atoms with Gasteiger partial charge in [0.05, 0.1) is 26.0 Å². The lowest BCUT2D eigenvalue weighted by Gasteiger charge is -2.31. The SMILES string of the molecule is COC(=O)[C@@H]1C[NH2+]CCN1C(=O)CSC. The minimum Gasteiger partial charge on any atom is -0.467 e. The number of carbonyl (C=O) groups excluding carboxylic acids is 2. The van der Waals surface area contributed by atoms with Crippen LogP contribution in [0.4, 0.5) is 0 Å². The number of amides is 1. The van der Waals surface area contributed by atoms with Crippen LogP contribution in [0.2, 0.25) is 0 Å². The summed E-state index contributed by atoms with van der Waals surface area (Å²) in [6.45, 7) is 2.08. The summed E-state index contributed by atoms with van der Waals surface area (Å²) in [4.78, 5) is 24.8. The number of rotatable bonds is 3. The van der Waals surface area contributed by atoms with E-state index < -0.39 is 6.04 Å². The lowest BCUT2D eigenvalue weighted by molar-refractivity contribution is -0.665. The molecule has 1 rings (SSSR count). The highest BCUT2D eigenvalue weighted by Crippen LogP contribution is 2.06. The van der Waals surface area contributed by atoms with E-state index in [1.807, 2.05) is 11.6 Å². The Labute approximate surface area is 93.5 Å². The molecule has 1 heterocycles. The van der Waals surface area contributed by atoms with Gasteiger partial charge >= 0.3 is 5.97 Å². The van der Waals surface area contributed by atoms with Crippen molar-refractivity contribution < 1.29 is 19.6 Å². The molecule has 86 valence electrons. The van der Waals surface area contributed by atoms with E-state index in [-0.39, 0.29) is 11.9 Å². The Morgan fingerprint density at radius 1 is 1.60 bits per heavy atom. The molecule has 0 aromatic heterocycles. The molecule has 1 saturated heterocycles. The number of piperazine rings is 1. The molecule has 0 unspecified atom stereocenters. The maximum Gasteiger partial charge on any atom is 0.334 e. The molecule has 0 aromatic carbocycles. The second-order valence-electron chi connectivity index (χ2n) is 3.37. The molecular weight excluding hydrogens is 216 g/mol. The highest BCUT2D eigenvalue weighted by Gasteiger charge is 2.34. The fraction of sp³-hybridized carbons (Fsp3) is 0.778. The van der Waals surface area contributed by atoms with Crippen molar-refractivity contribution in [3.63, 3.8) is 0 Å². The fourth-order valence-corrected chi connectivity index (χ4v) is 2.07. The van der Waals surface area contributed by atoms with E-state index in [0.29, 0.717) is 18.8 Å². The summed E-state index contributed by atoms with van der Waals surface area (Å²) in [6.07, 6.45) is 1.88. The van der Waals surface area contributed by atoms with Crippen LogP contribution in [0.5, 0.6) is 0 Å². The molecule has 1 aliphatic heterocycles. The number of quaternary nitrogens is 1. The molecule has 1 fully saturated rings. The van der Waals surface area contributed by atoms with Crippen LogP contribution >= 0.6 is 11.8 Å². The second-order valence-corrected chi connectivity index (χ2v) is 4.24. The number of hydrogen-bond donors (Lipinski definition) is 1. The van der Waals surface area contributed by atoms with Crippen molar-refractivity contribution in [1.82, 2.24) is 4.90 Å². The molecule has 1 atom stereocenters. The molecule has 1 amide bonds. The van der Waals surface area contributed by atoms with E-state index in [0.717, 1.165) is 6.54 Å². The first kappa shape index (κ1) is 12.3. The minimum atomic E-state index is -0.414. The van der Waals surface area contributed by atoms with Gasteiger partial charge in [-0.25, -0.2) is 4.79 Å². The van der Waals surface area contributed by atoms with Crippen LogP contribution in [-0.4, -0.2) is 61.6 Å². The van der Waals surface area contributed by atoms with Gasteiger partial charge in [-0.3, -0.25) is 4.79 Å². The Bertz CT molecular complexity index is 248. The van der Waals surface area contributed by atoms with Gasteiger partial charge < -0.3 is 15.0 Å². The van der Waals surface area contributed by atoms with Gasteiger partial charge in [-0.2, -0.15) is 11.8 Å². The van der Waals surface area contributed by atoms with Crippen LogP contribution in [0.15, 0.2) is 0 Å². The van der Waals surface area contributed by atoms with E-state index in [4.69, 9.17) is 0 Å². The number of hydrogen-bond acceptors (Lipinski definition) is 4. The maximum atomic E-state index is 11.7. The van der Waals surface area contributed by atoms with Crippen molar-refractivity contribution in [2.24, 2.45) is 0 Å². The summed E-state index contributed by atoms with van der Waals surface area (Å²) in [5, 5.41) is 2.03. The first-order valence-corrected chi connectivity index (χ1v) is 6.28.